The summed E-state index contributed by atoms with van der Waals surface area (Å²) in [5, 5.41) is 8.93. The van der Waals surface area contributed by atoms with Crippen molar-refractivity contribution in [3.05, 3.63) is 29.6 Å². The topological polar surface area (TPSA) is 49.5 Å². The van der Waals surface area contributed by atoms with E-state index >= 15 is 0 Å². The monoisotopic (exact) mass is 266 g/mol. The van der Waals surface area contributed by atoms with Crippen molar-refractivity contribution in [3.8, 4) is 0 Å². The Morgan fingerprint density at radius 2 is 2.32 bits per heavy atom. The summed E-state index contributed by atoms with van der Waals surface area (Å²) in [7, 11) is 0. The van der Waals surface area contributed by atoms with Gasteiger partial charge in [0.1, 0.15) is 5.82 Å². The Balaban J connectivity index is 2.16. The van der Waals surface area contributed by atoms with Gasteiger partial charge in [0.15, 0.2) is 0 Å². The molecule has 1 fully saturated rings. The lowest BCUT2D eigenvalue weighted by atomic mass is 10.1. The predicted molar refractivity (Wildman–Crippen MR) is 75.7 cm³/mol. The van der Waals surface area contributed by atoms with Crippen LogP contribution in [0.1, 0.15) is 44.2 Å². The average Bonchev–Trinajstić information content (AvgIpc) is 2.84. The molecular formula is C15H23FN2O. The van der Waals surface area contributed by atoms with Crippen LogP contribution in [0.2, 0.25) is 0 Å². The molecule has 0 spiro atoms. The Bertz CT molecular complexity index is 423. The first kappa shape index (κ1) is 14.3. The number of benzene rings is 1. The van der Waals surface area contributed by atoms with E-state index < -0.39 is 0 Å². The average molecular weight is 266 g/mol. The third-order valence-corrected chi connectivity index (χ3v) is 3.88. The number of hydrogen-bond acceptors (Lipinski definition) is 3. The third kappa shape index (κ3) is 3.25. The first-order valence-electron chi connectivity index (χ1n) is 7.06. The lowest BCUT2D eigenvalue weighted by Gasteiger charge is -2.27. The molecule has 3 nitrogen and oxygen atoms in total. The van der Waals surface area contributed by atoms with Crippen molar-refractivity contribution >= 4 is 5.69 Å². The molecule has 4 heteroatoms. The van der Waals surface area contributed by atoms with E-state index in [4.69, 9.17) is 10.8 Å². The van der Waals surface area contributed by atoms with Gasteiger partial charge in [-0.15, -0.1) is 0 Å². The molecule has 1 heterocycles. The molecule has 0 bridgehead atoms. The quantitative estimate of drug-likeness (QED) is 0.861. The van der Waals surface area contributed by atoms with Gasteiger partial charge in [-0.2, -0.15) is 0 Å². The summed E-state index contributed by atoms with van der Waals surface area (Å²) >= 11 is 0. The molecule has 1 saturated heterocycles. The van der Waals surface area contributed by atoms with Crippen LogP contribution in [-0.4, -0.2) is 24.3 Å². The van der Waals surface area contributed by atoms with Crippen molar-refractivity contribution < 1.29 is 9.50 Å². The maximum absolute atomic E-state index is 14.2. The maximum Gasteiger partial charge on any atom is 0.146 e. The maximum atomic E-state index is 14.2. The highest BCUT2D eigenvalue weighted by molar-refractivity contribution is 5.51. The highest BCUT2D eigenvalue weighted by atomic mass is 19.1. The van der Waals surface area contributed by atoms with Gasteiger partial charge in [-0.3, -0.25) is 0 Å². The fourth-order valence-electron chi connectivity index (χ4n) is 2.82. The minimum absolute atomic E-state index is 0.146. The molecule has 0 saturated carbocycles. The van der Waals surface area contributed by atoms with Crippen LogP contribution in [-0.2, 0) is 0 Å². The zero-order valence-corrected chi connectivity index (χ0v) is 11.5. The Kier molecular flexibility index (Phi) is 4.77. The number of nitrogens with zero attached hydrogens (tertiary/aromatic N) is 1. The van der Waals surface area contributed by atoms with E-state index in [9.17, 15) is 4.39 Å². The zero-order valence-electron chi connectivity index (χ0n) is 11.5. The van der Waals surface area contributed by atoms with Gasteiger partial charge in [0, 0.05) is 25.2 Å². The van der Waals surface area contributed by atoms with Gasteiger partial charge in [0.05, 0.1) is 5.69 Å². The lowest BCUT2D eigenvalue weighted by molar-refractivity contribution is 0.279. The third-order valence-electron chi connectivity index (χ3n) is 3.88. The molecule has 1 aliphatic heterocycles. The summed E-state index contributed by atoms with van der Waals surface area (Å²) in [4.78, 5) is 2.13. The highest BCUT2D eigenvalue weighted by Crippen LogP contribution is 2.31. The van der Waals surface area contributed by atoms with Crippen LogP contribution in [0.3, 0.4) is 0 Å². The van der Waals surface area contributed by atoms with E-state index in [2.05, 4.69) is 4.90 Å². The summed E-state index contributed by atoms with van der Waals surface area (Å²) < 4.78 is 14.2. The number of halogens is 1. The van der Waals surface area contributed by atoms with Gasteiger partial charge in [-0.05, 0) is 50.3 Å². The molecule has 19 heavy (non-hydrogen) atoms. The van der Waals surface area contributed by atoms with Crippen LogP contribution >= 0.6 is 0 Å². The van der Waals surface area contributed by atoms with Crippen molar-refractivity contribution in [2.24, 2.45) is 5.73 Å². The molecule has 2 atom stereocenters. The van der Waals surface area contributed by atoms with Crippen LogP contribution in [0, 0.1) is 5.82 Å². The number of nitrogens with two attached hydrogens (primary N) is 1. The minimum atomic E-state index is -0.189. The van der Waals surface area contributed by atoms with Crippen LogP contribution < -0.4 is 10.6 Å². The van der Waals surface area contributed by atoms with E-state index in [1.807, 2.05) is 19.1 Å². The van der Waals surface area contributed by atoms with Gasteiger partial charge in [0.25, 0.3) is 0 Å². The second-order valence-electron chi connectivity index (χ2n) is 5.35. The van der Waals surface area contributed by atoms with Gasteiger partial charge >= 0.3 is 0 Å². The van der Waals surface area contributed by atoms with Gasteiger partial charge in [-0.1, -0.05) is 6.07 Å². The molecule has 0 radical (unpaired) electrons. The van der Waals surface area contributed by atoms with Crippen LogP contribution in [0.4, 0.5) is 10.1 Å². The number of hydrogen-bond donors (Lipinski definition) is 2. The van der Waals surface area contributed by atoms with Gasteiger partial charge in [-0.25, -0.2) is 4.39 Å². The molecule has 1 unspecified atom stereocenters. The smallest absolute Gasteiger partial charge is 0.146 e. The molecule has 2 rings (SSSR count). The van der Waals surface area contributed by atoms with E-state index in [0.29, 0.717) is 11.7 Å². The Morgan fingerprint density at radius 3 is 2.95 bits per heavy atom. The Hall–Kier alpha value is -1.13. The molecule has 1 aromatic carbocycles. The highest BCUT2D eigenvalue weighted by Gasteiger charge is 2.26. The standard InChI is InChI=1S/C15H23FN2O/c1-11(17)12-6-7-15(14(16)10-12)18-8-2-4-13(18)5-3-9-19/h6-7,10-11,13,19H,2-5,8-9,17H2,1H3/t11-,13?/m0/s1. The largest absolute Gasteiger partial charge is 0.396 e. The fraction of sp³-hybridized carbons (Fsp3) is 0.600. The Labute approximate surface area is 114 Å². The first-order valence-corrected chi connectivity index (χ1v) is 7.06. The molecule has 1 aromatic rings. The molecule has 0 aliphatic carbocycles. The summed E-state index contributed by atoms with van der Waals surface area (Å²) in [6.45, 7) is 2.95. The summed E-state index contributed by atoms with van der Waals surface area (Å²) in [6, 6.07) is 5.49. The number of aliphatic hydroxyl groups excluding tert-OH is 1. The van der Waals surface area contributed by atoms with Crippen molar-refractivity contribution in [1.82, 2.24) is 0 Å². The van der Waals surface area contributed by atoms with E-state index in [0.717, 1.165) is 37.8 Å². The van der Waals surface area contributed by atoms with E-state index in [-0.39, 0.29) is 18.5 Å². The number of aliphatic hydroxyl groups is 1. The minimum Gasteiger partial charge on any atom is -0.396 e. The number of rotatable bonds is 5. The summed E-state index contributed by atoms with van der Waals surface area (Å²) in [6.07, 6.45) is 3.87. The number of anilines is 1. The molecule has 106 valence electrons. The lowest BCUT2D eigenvalue weighted by Crippen LogP contribution is -2.30. The van der Waals surface area contributed by atoms with Crippen molar-refractivity contribution in [2.45, 2.75) is 44.7 Å². The van der Waals surface area contributed by atoms with E-state index in [1.165, 1.54) is 0 Å². The second-order valence-corrected chi connectivity index (χ2v) is 5.35. The van der Waals surface area contributed by atoms with Gasteiger partial charge in [0.2, 0.25) is 0 Å². The normalized spacial score (nSPS) is 20.8. The first-order chi connectivity index (χ1) is 9.13. The predicted octanol–water partition coefficient (Wildman–Crippen LogP) is 2.59. The van der Waals surface area contributed by atoms with Crippen molar-refractivity contribution in [3.63, 3.8) is 0 Å². The summed E-state index contributed by atoms with van der Waals surface area (Å²) in [5.74, 6) is -0.189. The van der Waals surface area contributed by atoms with Crippen molar-refractivity contribution in [2.75, 3.05) is 18.1 Å². The van der Waals surface area contributed by atoms with Crippen LogP contribution in [0.15, 0.2) is 18.2 Å². The van der Waals surface area contributed by atoms with Crippen molar-refractivity contribution in [1.29, 1.82) is 0 Å². The van der Waals surface area contributed by atoms with Crippen LogP contribution in [0.5, 0.6) is 0 Å². The zero-order chi connectivity index (χ0) is 13.8. The van der Waals surface area contributed by atoms with Gasteiger partial charge < -0.3 is 15.7 Å². The molecule has 3 N–H and O–H groups in total. The Morgan fingerprint density at radius 1 is 1.53 bits per heavy atom. The molecule has 0 aromatic heterocycles. The second kappa shape index (κ2) is 6.35. The fourth-order valence-corrected chi connectivity index (χ4v) is 2.82. The van der Waals surface area contributed by atoms with E-state index in [1.54, 1.807) is 6.07 Å². The molecule has 1 aliphatic rings. The SMILES string of the molecule is C[C@H](N)c1ccc(N2CCCC2CCCO)c(F)c1. The molecule has 0 amide bonds. The molecular weight excluding hydrogens is 243 g/mol. The summed E-state index contributed by atoms with van der Waals surface area (Å²) in [5.41, 5.74) is 7.27. The van der Waals surface area contributed by atoms with Crippen LogP contribution in [0.25, 0.3) is 0 Å².